The van der Waals surface area contributed by atoms with Gasteiger partial charge in [-0.05, 0) is 56.8 Å². The third-order valence-corrected chi connectivity index (χ3v) is 5.11. The van der Waals surface area contributed by atoms with Gasteiger partial charge in [-0.2, -0.15) is 0 Å². The summed E-state index contributed by atoms with van der Waals surface area (Å²) in [5, 5.41) is 0. The second-order valence-corrected chi connectivity index (χ2v) is 6.58. The van der Waals surface area contributed by atoms with Gasteiger partial charge in [0.05, 0.1) is 0 Å². The van der Waals surface area contributed by atoms with E-state index < -0.39 is 0 Å². The van der Waals surface area contributed by atoms with Crippen LogP contribution in [0.25, 0.3) is 0 Å². The first-order chi connectivity index (χ1) is 9.19. The average molecular weight is 266 g/mol. The molecule has 1 aliphatic heterocycles. The summed E-state index contributed by atoms with van der Waals surface area (Å²) in [7, 11) is 0. The molecule has 0 aromatic heterocycles. The van der Waals surface area contributed by atoms with Gasteiger partial charge in [0.25, 0.3) is 0 Å². The molecule has 0 aromatic rings. The lowest BCUT2D eigenvalue weighted by Gasteiger charge is -2.33. The number of piperidine rings is 1. The molecule has 0 aromatic carbocycles. The molecule has 2 N–H and O–H groups in total. The molecule has 19 heavy (non-hydrogen) atoms. The van der Waals surface area contributed by atoms with Crippen molar-refractivity contribution in [1.29, 1.82) is 0 Å². The fourth-order valence-corrected chi connectivity index (χ4v) is 3.59. The van der Waals surface area contributed by atoms with Crippen molar-refractivity contribution in [2.24, 2.45) is 17.6 Å². The largest absolute Gasteiger partial charge is 0.342 e. The van der Waals surface area contributed by atoms with E-state index in [1.54, 1.807) is 0 Å². The maximum absolute atomic E-state index is 12.3. The Morgan fingerprint density at radius 2 is 1.89 bits per heavy atom. The highest BCUT2D eigenvalue weighted by Gasteiger charge is 2.24. The first-order valence-electron chi connectivity index (χ1n) is 8.22. The zero-order valence-corrected chi connectivity index (χ0v) is 12.4. The van der Waals surface area contributed by atoms with E-state index in [-0.39, 0.29) is 0 Å². The number of rotatable bonds is 4. The lowest BCUT2D eigenvalue weighted by molar-refractivity contribution is -0.133. The molecule has 3 heteroatoms. The van der Waals surface area contributed by atoms with Gasteiger partial charge in [-0.1, -0.05) is 13.3 Å². The Balaban J connectivity index is 1.69. The molecule has 110 valence electrons. The van der Waals surface area contributed by atoms with Gasteiger partial charge in [0, 0.05) is 25.6 Å². The van der Waals surface area contributed by atoms with Gasteiger partial charge < -0.3 is 10.6 Å². The summed E-state index contributed by atoms with van der Waals surface area (Å²) in [6.07, 6.45) is 10.3. The molecule has 1 unspecified atom stereocenters. The molecule has 1 aliphatic carbocycles. The van der Waals surface area contributed by atoms with Crippen molar-refractivity contribution in [2.45, 2.75) is 70.8 Å². The molecule has 2 aliphatic rings. The van der Waals surface area contributed by atoms with Gasteiger partial charge in [-0.25, -0.2) is 0 Å². The van der Waals surface area contributed by atoms with Crippen molar-refractivity contribution in [3.05, 3.63) is 0 Å². The van der Waals surface area contributed by atoms with Crippen molar-refractivity contribution in [1.82, 2.24) is 4.90 Å². The highest BCUT2D eigenvalue weighted by molar-refractivity contribution is 5.76. The summed E-state index contributed by atoms with van der Waals surface area (Å²) in [5.74, 6) is 1.88. The van der Waals surface area contributed by atoms with Gasteiger partial charge in [-0.3, -0.25) is 4.79 Å². The van der Waals surface area contributed by atoms with Crippen LogP contribution in [-0.4, -0.2) is 29.9 Å². The third-order valence-electron chi connectivity index (χ3n) is 5.11. The number of hydrogen-bond donors (Lipinski definition) is 1. The number of nitrogens with zero attached hydrogens (tertiary/aromatic N) is 1. The molecule has 2 rings (SSSR count). The number of carbonyl (C=O) groups excluding carboxylic acids is 1. The van der Waals surface area contributed by atoms with E-state index in [1.165, 1.54) is 32.1 Å². The van der Waals surface area contributed by atoms with Gasteiger partial charge in [0.1, 0.15) is 0 Å². The van der Waals surface area contributed by atoms with Crippen LogP contribution < -0.4 is 5.73 Å². The van der Waals surface area contributed by atoms with Crippen LogP contribution >= 0.6 is 0 Å². The van der Waals surface area contributed by atoms with E-state index in [0.717, 1.165) is 50.6 Å². The Labute approximate surface area is 117 Å². The molecule has 1 atom stereocenters. The van der Waals surface area contributed by atoms with Crippen molar-refractivity contribution in [3.63, 3.8) is 0 Å². The van der Waals surface area contributed by atoms with Crippen LogP contribution in [0.3, 0.4) is 0 Å². The van der Waals surface area contributed by atoms with Crippen molar-refractivity contribution >= 4 is 5.91 Å². The SMILES string of the molecule is CCC1CCCN(C(=O)CCC2CCC(N)CC2)C1. The van der Waals surface area contributed by atoms with E-state index >= 15 is 0 Å². The second kappa shape index (κ2) is 7.28. The molecule has 1 saturated carbocycles. The van der Waals surface area contributed by atoms with Gasteiger partial charge in [-0.15, -0.1) is 0 Å². The topological polar surface area (TPSA) is 46.3 Å². The molecule has 1 amide bonds. The number of nitrogens with two attached hydrogens (primary N) is 1. The van der Waals surface area contributed by atoms with E-state index in [9.17, 15) is 4.79 Å². The zero-order valence-electron chi connectivity index (χ0n) is 12.4. The van der Waals surface area contributed by atoms with Crippen LogP contribution in [0.1, 0.15) is 64.7 Å². The number of hydrogen-bond acceptors (Lipinski definition) is 2. The summed E-state index contributed by atoms with van der Waals surface area (Å²) in [6.45, 7) is 4.24. The van der Waals surface area contributed by atoms with Gasteiger partial charge in [0.2, 0.25) is 5.91 Å². The molecule has 1 saturated heterocycles. The van der Waals surface area contributed by atoms with Crippen molar-refractivity contribution in [2.75, 3.05) is 13.1 Å². The lowest BCUT2D eigenvalue weighted by atomic mass is 9.83. The minimum Gasteiger partial charge on any atom is -0.342 e. The van der Waals surface area contributed by atoms with Crippen LogP contribution in [0.5, 0.6) is 0 Å². The maximum Gasteiger partial charge on any atom is 0.222 e. The fraction of sp³-hybridized carbons (Fsp3) is 0.938. The highest BCUT2D eigenvalue weighted by Crippen LogP contribution is 2.27. The fourth-order valence-electron chi connectivity index (χ4n) is 3.59. The standard InChI is InChI=1S/C16H30N2O/c1-2-13-4-3-11-18(12-13)16(19)10-7-14-5-8-15(17)9-6-14/h13-15H,2-12,17H2,1H3. The Bertz CT molecular complexity index is 284. The monoisotopic (exact) mass is 266 g/mol. The average Bonchev–Trinajstić information content (AvgIpc) is 2.46. The molecule has 0 bridgehead atoms. The molecule has 2 fully saturated rings. The molecule has 0 spiro atoms. The normalized spacial score (nSPS) is 32.3. The maximum atomic E-state index is 12.3. The highest BCUT2D eigenvalue weighted by atomic mass is 16.2. The first-order valence-corrected chi connectivity index (χ1v) is 8.22. The summed E-state index contributed by atoms with van der Waals surface area (Å²) in [4.78, 5) is 14.4. The molecule has 3 nitrogen and oxygen atoms in total. The number of amides is 1. The van der Waals surface area contributed by atoms with Crippen LogP contribution in [0.2, 0.25) is 0 Å². The number of likely N-dealkylation sites (tertiary alicyclic amines) is 1. The van der Waals surface area contributed by atoms with Crippen LogP contribution in [0.15, 0.2) is 0 Å². The summed E-state index contributed by atoms with van der Waals surface area (Å²) < 4.78 is 0. The van der Waals surface area contributed by atoms with Gasteiger partial charge >= 0.3 is 0 Å². The van der Waals surface area contributed by atoms with Crippen molar-refractivity contribution < 1.29 is 4.79 Å². The quantitative estimate of drug-likeness (QED) is 0.850. The van der Waals surface area contributed by atoms with Crippen LogP contribution in [0, 0.1) is 11.8 Å². The number of carbonyl (C=O) groups is 1. The van der Waals surface area contributed by atoms with Crippen LogP contribution in [0.4, 0.5) is 0 Å². The van der Waals surface area contributed by atoms with E-state index in [4.69, 9.17) is 5.73 Å². The summed E-state index contributed by atoms with van der Waals surface area (Å²) in [5.41, 5.74) is 5.93. The molecular weight excluding hydrogens is 236 g/mol. The Morgan fingerprint density at radius 1 is 1.16 bits per heavy atom. The minimum absolute atomic E-state index is 0.396. The van der Waals surface area contributed by atoms with Gasteiger partial charge in [0.15, 0.2) is 0 Å². The molecule has 0 radical (unpaired) electrons. The smallest absolute Gasteiger partial charge is 0.222 e. The van der Waals surface area contributed by atoms with E-state index in [2.05, 4.69) is 11.8 Å². The second-order valence-electron chi connectivity index (χ2n) is 6.58. The molecular formula is C16H30N2O. The van der Waals surface area contributed by atoms with Crippen LogP contribution in [-0.2, 0) is 4.79 Å². The minimum atomic E-state index is 0.396. The summed E-state index contributed by atoms with van der Waals surface area (Å²) >= 11 is 0. The van der Waals surface area contributed by atoms with Crippen molar-refractivity contribution in [3.8, 4) is 0 Å². The molecule has 1 heterocycles. The predicted molar refractivity (Wildman–Crippen MR) is 78.8 cm³/mol. The Hall–Kier alpha value is -0.570. The Morgan fingerprint density at radius 3 is 2.58 bits per heavy atom. The zero-order chi connectivity index (χ0) is 13.7. The van der Waals surface area contributed by atoms with E-state index in [0.29, 0.717) is 11.9 Å². The predicted octanol–water partition coefficient (Wildman–Crippen LogP) is 2.93. The Kier molecular flexibility index (Phi) is 5.68. The lowest BCUT2D eigenvalue weighted by Crippen LogP contribution is -2.39. The van der Waals surface area contributed by atoms with E-state index in [1.807, 2.05) is 0 Å². The summed E-state index contributed by atoms with van der Waals surface area (Å²) in [6, 6.07) is 0.416. The third kappa shape index (κ3) is 4.48. The first kappa shape index (κ1) is 14.8.